The van der Waals surface area contributed by atoms with Gasteiger partial charge in [0.2, 0.25) is 0 Å². The molecule has 0 amide bonds. The number of nitrogens with one attached hydrogen (secondary N) is 2. The Morgan fingerprint density at radius 1 is 1.45 bits per heavy atom. The van der Waals surface area contributed by atoms with Crippen LogP contribution < -0.4 is 20.3 Å². The fourth-order valence-electron chi connectivity index (χ4n) is 3.22. The van der Waals surface area contributed by atoms with E-state index in [1.807, 2.05) is 12.1 Å². The van der Waals surface area contributed by atoms with Crippen LogP contribution in [0.15, 0.2) is 35.6 Å². The van der Waals surface area contributed by atoms with E-state index in [0.29, 0.717) is 11.0 Å². The maximum Gasteiger partial charge on any atom is 0.319 e. The van der Waals surface area contributed by atoms with Crippen molar-refractivity contribution in [2.24, 2.45) is 4.99 Å². The van der Waals surface area contributed by atoms with Gasteiger partial charge in [0, 0.05) is 43.6 Å². The zero-order valence-corrected chi connectivity index (χ0v) is 19.2. The van der Waals surface area contributed by atoms with Crippen LogP contribution in [0.5, 0.6) is 5.75 Å². The third-order valence-corrected chi connectivity index (χ3v) is 4.84. The molecule has 11 heteroatoms. The molecule has 1 atom stereocenters. The summed E-state index contributed by atoms with van der Waals surface area (Å²) >= 11 is 6.13. The average molecular weight is 541 g/mol. The quantitative estimate of drug-likeness (QED) is 0.334. The molecule has 7 nitrogen and oxygen atoms in total. The monoisotopic (exact) mass is 540 g/mol. The number of methoxy groups -OCH3 is 1. The number of hydrogen-bond donors (Lipinski definition) is 2. The predicted octanol–water partition coefficient (Wildman–Crippen LogP) is 3.50. The highest BCUT2D eigenvalue weighted by atomic mass is 127. The summed E-state index contributed by atoms with van der Waals surface area (Å²) in [5.74, 6) is 1.55. The number of halogens is 4. The number of hydrogen-bond acceptors (Lipinski definition) is 4. The Kier molecular flexibility index (Phi) is 8.75. The van der Waals surface area contributed by atoms with Gasteiger partial charge in [-0.2, -0.15) is 8.78 Å². The minimum absolute atomic E-state index is 0. The van der Waals surface area contributed by atoms with Gasteiger partial charge in [0.15, 0.2) is 5.96 Å². The summed E-state index contributed by atoms with van der Waals surface area (Å²) < 4.78 is 32.1. The lowest BCUT2D eigenvalue weighted by Crippen LogP contribution is -2.44. The number of anilines is 1. The molecule has 2 heterocycles. The lowest BCUT2D eigenvalue weighted by Gasteiger charge is -2.22. The molecular weight excluding hydrogens is 517 g/mol. The topological polar surface area (TPSA) is 66.7 Å². The highest BCUT2D eigenvalue weighted by Crippen LogP contribution is 2.33. The van der Waals surface area contributed by atoms with Crippen LogP contribution in [0.1, 0.15) is 18.8 Å². The number of aromatic nitrogens is 2. The van der Waals surface area contributed by atoms with Crippen LogP contribution in [0, 0.1) is 0 Å². The maximum atomic E-state index is 12.9. The molecule has 1 unspecified atom stereocenters. The van der Waals surface area contributed by atoms with Gasteiger partial charge in [-0.15, -0.1) is 24.0 Å². The summed E-state index contributed by atoms with van der Waals surface area (Å²) in [6, 6.07) is 5.68. The van der Waals surface area contributed by atoms with Crippen LogP contribution >= 0.6 is 35.6 Å². The van der Waals surface area contributed by atoms with Crippen molar-refractivity contribution in [2.45, 2.75) is 25.6 Å². The molecule has 1 saturated heterocycles. The summed E-state index contributed by atoms with van der Waals surface area (Å²) in [7, 11) is 3.27. The zero-order chi connectivity index (χ0) is 20.1. The number of nitrogens with zero attached hydrogens (tertiary/aromatic N) is 4. The predicted molar refractivity (Wildman–Crippen MR) is 121 cm³/mol. The summed E-state index contributed by atoms with van der Waals surface area (Å²) in [6.07, 6.45) is 3.50. The molecule has 2 aromatic rings. The molecule has 0 radical (unpaired) electrons. The zero-order valence-electron chi connectivity index (χ0n) is 16.1. The first-order chi connectivity index (χ1) is 13.5. The fraction of sp³-hybridized carbons (Fsp3) is 0.444. The summed E-state index contributed by atoms with van der Waals surface area (Å²) in [5, 5.41) is 7.02. The number of rotatable bonds is 6. The summed E-state index contributed by atoms with van der Waals surface area (Å²) in [5.41, 5.74) is 0.946. The third-order valence-electron chi connectivity index (χ3n) is 4.61. The molecule has 1 aromatic carbocycles. The van der Waals surface area contributed by atoms with Gasteiger partial charge in [-0.05, 0) is 24.6 Å². The van der Waals surface area contributed by atoms with E-state index in [-0.39, 0.29) is 42.4 Å². The largest absolute Gasteiger partial charge is 0.495 e. The molecule has 29 heavy (non-hydrogen) atoms. The van der Waals surface area contributed by atoms with Crippen LogP contribution in [0.2, 0.25) is 5.02 Å². The van der Waals surface area contributed by atoms with E-state index < -0.39 is 6.55 Å². The van der Waals surface area contributed by atoms with Gasteiger partial charge in [-0.25, -0.2) is 4.98 Å². The number of imidazole rings is 1. The second kappa shape index (κ2) is 10.8. The first-order valence-corrected chi connectivity index (χ1v) is 9.25. The Morgan fingerprint density at radius 2 is 2.24 bits per heavy atom. The molecule has 1 aliphatic rings. The SMILES string of the molecule is CN=C(NCc1nccn1C(F)F)NC1CCN(c2cc(Cl)ccc2OC)C1.I. The third kappa shape index (κ3) is 5.84. The second-order valence-corrected chi connectivity index (χ2v) is 6.78. The van der Waals surface area contributed by atoms with Crippen LogP contribution in [0.4, 0.5) is 14.5 Å². The van der Waals surface area contributed by atoms with Crippen LogP contribution in [0.3, 0.4) is 0 Å². The molecule has 1 fully saturated rings. The van der Waals surface area contributed by atoms with Gasteiger partial charge < -0.3 is 20.3 Å². The Balaban J connectivity index is 0.00000300. The molecule has 3 rings (SSSR count). The first-order valence-electron chi connectivity index (χ1n) is 8.87. The highest BCUT2D eigenvalue weighted by molar-refractivity contribution is 14.0. The molecular formula is C18H24ClF2IN6O. The van der Waals surface area contributed by atoms with Crippen LogP contribution in [0.25, 0.3) is 0 Å². The van der Waals surface area contributed by atoms with Gasteiger partial charge in [0.05, 0.1) is 19.3 Å². The number of aliphatic imine (C=N–C) groups is 1. The molecule has 2 N–H and O–H groups in total. The molecule has 1 aliphatic heterocycles. The Labute approximate surface area is 190 Å². The fourth-order valence-corrected chi connectivity index (χ4v) is 3.38. The minimum atomic E-state index is -2.62. The Hall–Kier alpha value is -1.82. The van der Waals surface area contributed by atoms with Gasteiger partial charge in [-0.1, -0.05) is 11.6 Å². The van der Waals surface area contributed by atoms with Gasteiger partial charge in [0.1, 0.15) is 11.6 Å². The summed E-state index contributed by atoms with van der Waals surface area (Å²) in [6.45, 7) is -0.898. The van der Waals surface area contributed by atoms with E-state index in [0.717, 1.165) is 35.5 Å². The lowest BCUT2D eigenvalue weighted by molar-refractivity contribution is 0.0668. The molecule has 0 spiro atoms. The molecule has 0 aliphatic carbocycles. The van der Waals surface area contributed by atoms with Crippen molar-refractivity contribution in [3.8, 4) is 5.75 Å². The average Bonchev–Trinajstić information content (AvgIpc) is 3.34. The van der Waals surface area contributed by atoms with Crippen molar-refractivity contribution in [2.75, 3.05) is 32.1 Å². The lowest BCUT2D eigenvalue weighted by atomic mass is 10.2. The smallest absolute Gasteiger partial charge is 0.319 e. The standard InChI is InChI=1S/C18H23ClF2N6O.HI/c1-22-18(24-10-16-23-6-8-27(16)17(20)21)25-13-5-7-26(11-13)14-9-12(19)3-4-15(14)28-2;/h3-4,6,8-9,13,17H,5,7,10-11H2,1-2H3,(H2,22,24,25);1H. The minimum Gasteiger partial charge on any atom is -0.495 e. The van der Waals surface area contributed by atoms with E-state index >= 15 is 0 Å². The van der Waals surface area contributed by atoms with Crippen LogP contribution in [-0.4, -0.2) is 48.8 Å². The van der Waals surface area contributed by atoms with E-state index in [1.54, 1.807) is 20.2 Å². The van der Waals surface area contributed by atoms with E-state index in [2.05, 4.69) is 25.5 Å². The van der Waals surface area contributed by atoms with Crippen molar-refractivity contribution >= 4 is 47.2 Å². The normalized spacial score (nSPS) is 16.7. The number of benzene rings is 1. The highest BCUT2D eigenvalue weighted by Gasteiger charge is 2.25. The van der Waals surface area contributed by atoms with E-state index in [9.17, 15) is 8.78 Å². The first kappa shape index (κ1) is 23.5. The van der Waals surface area contributed by atoms with Gasteiger partial charge >= 0.3 is 6.55 Å². The number of ether oxygens (including phenoxy) is 1. The Bertz CT molecular complexity index is 834. The molecule has 0 saturated carbocycles. The van der Waals surface area contributed by atoms with Crippen molar-refractivity contribution < 1.29 is 13.5 Å². The summed E-state index contributed by atoms with van der Waals surface area (Å²) in [4.78, 5) is 10.3. The second-order valence-electron chi connectivity index (χ2n) is 6.35. The van der Waals surface area contributed by atoms with Crippen molar-refractivity contribution in [3.63, 3.8) is 0 Å². The van der Waals surface area contributed by atoms with Gasteiger partial charge in [-0.3, -0.25) is 9.56 Å². The molecule has 160 valence electrons. The maximum absolute atomic E-state index is 12.9. The molecule has 1 aromatic heterocycles. The Morgan fingerprint density at radius 3 is 2.93 bits per heavy atom. The van der Waals surface area contributed by atoms with E-state index in [4.69, 9.17) is 16.3 Å². The van der Waals surface area contributed by atoms with E-state index in [1.165, 1.54) is 12.4 Å². The number of alkyl halides is 2. The van der Waals surface area contributed by atoms with Crippen molar-refractivity contribution in [3.05, 3.63) is 41.4 Å². The van der Waals surface area contributed by atoms with Crippen LogP contribution in [-0.2, 0) is 6.54 Å². The molecule has 0 bridgehead atoms. The van der Waals surface area contributed by atoms with Gasteiger partial charge in [0.25, 0.3) is 0 Å². The number of guanidine groups is 1. The van der Waals surface area contributed by atoms with Crippen molar-refractivity contribution in [1.29, 1.82) is 0 Å². The van der Waals surface area contributed by atoms with Crippen molar-refractivity contribution in [1.82, 2.24) is 20.2 Å².